The number of nitrogens with zero attached hydrogens (tertiary/aromatic N) is 1. The van der Waals surface area contributed by atoms with E-state index in [0.29, 0.717) is 0 Å². The maximum Gasteiger partial charge on any atom is 0.124 e. The van der Waals surface area contributed by atoms with Crippen molar-refractivity contribution in [3.05, 3.63) is 58.1 Å². The Morgan fingerprint density at radius 1 is 1.20 bits per heavy atom. The molecule has 0 aromatic heterocycles. The molecule has 0 radical (unpaired) electrons. The molecular formula is C16H18BrN3. The molecule has 0 aliphatic rings. The van der Waals surface area contributed by atoms with Gasteiger partial charge in [0.15, 0.2) is 0 Å². The van der Waals surface area contributed by atoms with Crippen molar-refractivity contribution in [2.75, 3.05) is 11.4 Å². The summed E-state index contributed by atoms with van der Waals surface area (Å²) < 4.78 is 0.975. The lowest BCUT2D eigenvalue weighted by molar-refractivity contribution is 1.02. The molecule has 0 aliphatic heterocycles. The van der Waals surface area contributed by atoms with Gasteiger partial charge in [-0.05, 0) is 44.2 Å². The molecule has 0 fully saturated rings. The van der Waals surface area contributed by atoms with Crippen molar-refractivity contribution < 1.29 is 0 Å². The Kier molecular flexibility index (Phi) is 4.45. The third kappa shape index (κ3) is 3.02. The standard InChI is InChI=1S/C16H18BrN3/c1-3-20(13-7-4-11(2)5-8-13)15-10-12(17)6-9-14(15)16(18)19/h4-10H,3H2,1-2H3,(H3,18,19). The third-order valence-corrected chi connectivity index (χ3v) is 3.70. The number of amidine groups is 1. The van der Waals surface area contributed by atoms with E-state index >= 15 is 0 Å². The number of anilines is 2. The van der Waals surface area contributed by atoms with E-state index in [4.69, 9.17) is 11.1 Å². The van der Waals surface area contributed by atoms with Crippen LogP contribution in [0.15, 0.2) is 46.9 Å². The molecule has 0 saturated carbocycles. The predicted octanol–water partition coefficient (Wildman–Crippen LogP) is 4.20. The average Bonchev–Trinajstić information content (AvgIpc) is 2.41. The fraction of sp³-hybridized carbons (Fsp3) is 0.188. The summed E-state index contributed by atoms with van der Waals surface area (Å²) in [5.41, 5.74) is 9.71. The molecule has 0 spiro atoms. The van der Waals surface area contributed by atoms with Crippen molar-refractivity contribution in [2.45, 2.75) is 13.8 Å². The number of nitrogens with two attached hydrogens (primary N) is 1. The number of nitrogen functional groups attached to an aromatic ring is 1. The molecule has 3 nitrogen and oxygen atoms in total. The van der Waals surface area contributed by atoms with Crippen molar-refractivity contribution in [3.8, 4) is 0 Å². The Morgan fingerprint density at radius 3 is 2.40 bits per heavy atom. The Morgan fingerprint density at radius 2 is 1.85 bits per heavy atom. The van der Waals surface area contributed by atoms with Crippen LogP contribution in [0.25, 0.3) is 0 Å². The van der Waals surface area contributed by atoms with Crippen LogP contribution >= 0.6 is 15.9 Å². The number of benzene rings is 2. The van der Waals surface area contributed by atoms with Gasteiger partial charge in [0.2, 0.25) is 0 Å². The number of aryl methyl sites for hydroxylation is 1. The van der Waals surface area contributed by atoms with Crippen LogP contribution in [0, 0.1) is 12.3 Å². The van der Waals surface area contributed by atoms with Gasteiger partial charge in [0.05, 0.1) is 5.69 Å². The van der Waals surface area contributed by atoms with E-state index in [0.717, 1.165) is 28.0 Å². The van der Waals surface area contributed by atoms with E-state index in [1.807, 2.05) is 18.2 Å². The molecule has 0 unspecified atom stereocenters. The monoisotopic (exact) mass is 331 g/mol. The summed E-state index contributed by atoms with van der Waals surface area (Å²) >= 11 is 3.49. The summed E-state index contributed by atoms with van der Waals surface area (Å²) in [6.07, 6.45) is 0. The first-order valence-corrected chi connectivity index (χ1v) is 7.30. The zero-order chi connectivity index (χ0) is 14.7. The van der Waals surface area contributed by atoms with Gasteiger partial charge in [0.1, 0.15) is 5.84 Å². The van der Waals surface area contributed by atoms with Crippen LogP contribution in [0.3, 0.4) is 0 Å². The summed E-state index contributed by atoms with van der Waals surface area (Å²) in [6, 6.07) is 14.1. The molecule has 0 atom stereocenters. The fourth-order valence-corrected chi connectivity index (χ4v) is 2.52. The zero-order valence-electron chi connectivity index (χ0n) is 11.7. The Hall–Kier alpha value is -1.81. The molecule has 0 bridgehead atoms. The third-order valence-electron chi connectivity index (χ3n) is 3.20. The van der Waals surface area contributed by atoms with E-state index in [2.05, 4.69) is 58.9 Å². The summed E-state index contributed by atoms with van der Waals surface area (Å²) in [7, 11) is 0. The van der Waals surface area contributed by atoms with Gasteiger partial charge in [-0.25, -0.2) is 0 Å². The van der Waals surface area contributed by atoms with Gasteiger partial charge in [-0.15, -0.1) is 0 Å². The predicted molar refractivity (Wildman–Crippen MR) is 89.0 cm³/mol. The lowest BCUT2D eigenvalue weighted by atomic mass is 10.1. The van der Waals surface area contributed by atoms with E-state index < -0.39 is 0 Å². The molecule has 4 heteroatoms. The largest absolute Gasteiger partial charge is 0.384 e. The van der Waals surface area contributed by atoms with Crippen LogP contribution in [-0.2, 0) is 0 Å². The summed E-state index contributed by atoms with van der Waals surface area (Å²) in [5, 5.41) is 7.75. The first-order valence-electron chi connectivity index (χ1n) is 6.51. The molecule has 2 rings (SSSR count). The minimum Gasteiger partial charge on any atom is -0.384 e. The summed E-state index contributed by atoms with van der Waals surface area (Å²) in [6.45, 7) is 4.96. The average molecular weight is 332 g/mol. The highest BCUT2D eigenvalue weighted by atomic mass is 79.9. The molecule has 104 valence electrons. The number of halogens is 1. The van der Waals surface area contributed by atoms with E-state index in [-0.39, 0.29) is 5.84 Å². The van der Waals surface area contributed by atoms with Gasteiger partial charge in [-0.2, -0.15) is 0 Å². The second-order valence-electron chi connectivity index (χ2n) is 4.65. The zero-order valence-corrected chi connectivity index (χ0v) is 13.2. The van der Waals surface area contributed by atoms with Crippen LogP contribution in [0.5, 0.6) is 0 Å². The fourth-order valence-electron chi connectivity index (χ4n) is 2.17. The van der Waals surface area contributed by atoms with Crippen LogP contribution in [0.4, 0.5) is 11.4 Å². The Balaban J connectivity index is 2.53. The lowest BCUT2D eigenvalue weighted by Gasteiger charge is -2.26. The van der Waals surface area contributed by atoms with Gasteiger partial charge in [0.25, 0.3) is 0 Å². The molecule has 0 heterocycles. The Bertz CT molecular complexity index is 620. The van der Waals surface area contributed by atoms with Crippen molar-refractivity contribution >= 4 is 33.1 Å². The summed E-state index contributed by atoms with van der Waals surface area (Å²) in [5.74, 6) is 0.0815. The normalized spacial score (nSPS) is 10.3. The van der Waals surface area contributed by atoms with Gasteiger partial charge in [-0.3, -0.25) is 5.41 Å². The van der Waals surface area contributed by atoms with Crippen molar-refractivity contribution in [2.24, 2.45) is 5.73 Å². The first kappa shape index (κ1) is 14.6. The van der Waals surface area contributed by atoms with E-state index in [9.17, 15) is 0 Å². The molecular weight excluding hydrogens is 314 g/mol. The highest BCUT2D eigenvalue weighted by Crippen LogP contribution is 2.31. The van der Waals surface area contributed by atoms with Gasteiger partial charge in [0, 0.05) is 22.3 Å². The second kappa shape index (κ2) is 6.09. The number of hydrogen-bond acceptors (Lipinski definition) is 2. The number of hydrogen-bond donors (Lipinski definition) is 2. The molecule has 2 aromatic carbocycles. The smallest absolute Gasteiger partial charge is 0.124 e. The number of rotatable bonds is 4. The molecule has 0 aliphatic carbocycles. The quantitative estimate of drug-likeness (QED) is 0.651. The summed E-state index contributed by atoms with van der Waals surface area (Å²) in [4.78, 5) is 2.15. The van der Waals surface area contributed by atoms with Gasteiger partial charge < -0.3 is 10.6 Å². The van der Waals surface area contributed by atoms with E-state index in [1.165, 1.54) is 5.56 Å². The maximum atomic E-state index is 7.75. The van der Waals surface area contributed by atoms with E-state index in [1.54, 1.807) is 0 Å². The van der Waals surface area contributed by atoms with Crippen molar-refractivity contribution in [1.29, 1.82) is 5.41 Å². The van der Waals surface area contributed by atoms with Gasteiger partial charge in [-0.1, -0.05) is 33.6 Å². The highest BCUT2D eigenvalue weighted by Gasteiger charge is 2.14. The van der Waals surface area contributed by atoms with Crippen LogP contribution < -0.4 is 10.6 Å². The maximum absolute atomic E-state index is 7.75. The minimum atomic E-state index is 0.0815. The van der Waals surface area contributed by atoms with Crippen LogP contribution in [0.2, 0.25) is 0 Å². The first-order chi connectivity index (χ1) is 9.52. The minimum absolute atomic E-state index is 0.0815. The number of nitrogens with one attached hydrogen (secondary N) is 1. The molecule has 2 aromatic rings. The highest BCUT2D eigenvalue weighted by molar-refractivity contribution is 9.10. The molecule has 3 N–H and O–H groups in total. The SMILES string of the molecule is CCN(c1ccc(C)cc1)c1cc(Br)ccc1C(=N)N. The lowest BCUT2D eigenvalue weighted by Crippen LogP contribution is -2.21. The van der Waals surface area contributed by atoms with Crippen LogP contribution in [0.1, 0.15) is 18.1 Å². The van der Waals surface area contributed by atoms with Crippen molar-refractivity contribution in [1.82, 2.24) is 0 Å². The van der Waals surface area contributed by atoms with Gasteiger partial charge >= 0.3 is 0 Å². The Labute approximate surface area is 128 Å². The second-order valence-corrected chi connectivity index (χ2v) is 5.57. The van der Waals surface area contributed by atoms with Crippen molar-refractivity contribution in [3.63, 3.8) is 0 Å². The topological polar surface area (TPSA) is 53.1 Å². The molecule has 0 saturated heterocycles. The van der Waals surface area contributed by atoms with Crippen LogP contribution in [-0.4, -0.2) is 12.4 Å². The molecule has 0 amide bonds. The molecule has 20 heavy (non-hydrogen) atoms.